The Morgan fingerprint density at radius 3 is 2.35 bits per heavy atom. The number of Topliss-reactive ketones (excluding diaryl/α,β-unsaturated/α-hetero) is 1. The molecule has 0 saturated carbocycles. The van der Waals surface area contributed by atoms with Crippen LogP contribution < -0.4 is 4.74 Å². The Bertz CT molecular complexity index is 886. The van der Waals surface area contributed by atoms with Crippen molar-refractivity contribution in [3.8, 4) is 5.75 Å². The molecule has 0 atom stereocenters. The smallest absolute Gasteiger partial charge is 0.379 e. The Hall–Kier alpha value is -2.89. The van der Waals surface area contributed by atoms with Gasteiger partial charge in [0.25, 0.3) is 0 Å². The molecular formula is C20H20O6. The fourth-order valence-corrected chi connectivity index (χ4v) is 3.21. The normalized spacial score (nSPS) is 15.3. The zero-order valence-corrected chi connectivity index (χ0v) is 15.2. The summed E-state index contributed by atoms with van der Waals surface area (Å²) in [6.07, 6.45) is 1.01. The van der Waals surface area contributed by atoms with E-state index >= 15 is 0 Å². The highest BCUT2D eigenvalue weighted by atomic mass is 16.5. The zero-order chi connectivity index (χ0) is 19.1. The van der Waals surface area contributed by atoms with E-state index in [4.69, 9.17) is 9.15 Å². The molecular weight excluding hydrogens is 336 g/mol. The average Bonchev–Trinajstić information content (AvgIpc) is 2.90. The summed E-state index contributed by atoms with van der Waals surface area (Å²) in [5, 5.41) is 0. The van der Waals surface area contributed by atoms with E-state index in [1.54, 1.807) is 6.92 Å². The number of ether oxygens (including phenoxy) is 2. The Balaban J connectivity index is 1.83. The maximum absolute atomic E-state index is 12.5. The highest BCUT2D eigenvalue weighted by Crippen LogP contribution is 2.38. The number of furan rings is 1. The van der Waals surface area contributed by atoms with Crippen LogP contribution in [0.15, 0.2) is 28.7 Å². The van der Waals surface area contributed by atoms with E-state index in [-0.39, 0.29) is 22.7 Å². The van der Waals surface area contributed by atoms with Crippen LogP contribution in [0.3, 0.4) is 0 Å². The quantitative estimate of drug-likeness (QED) is 0.615. The van der Waals surface area contributed by atoms with Crippen molar-refractivity contribution >= 4 is 17.7 Å². The van der Waals surface area contributed by atoms with Gasteiger partial charge < -0.3 is 13.9 Å². The fourth-order valence-electron chi connectivity index (χ4n) is 3.21. The molecule has 6 nitrogen and oxygen atoms in total. The molecule has 0 fully saturated rings. The van der Waals surface area contributed by atoms with Crippen molar-refractivity contribution in [3.05, 3.63) is 52.5 Å². The molecule has 1 aromatic carbocycles. The van der Waals surface area contributed by atoms with E-state index in [0.717, 1.165) is 0 Å². The lowest BCUT2D eigenvalue weighted by Gasteiger charge is -2.27. The Morgan fingerprint density at radius 2 is 1.73 bits per heavy atom. The lowest BCUT2D eigenvalue weighted by Crippen LogP contribution is -2.26. The molecule has 26 heavy (non-hydrogen) atoms. The van der Waals surface area contributed by atoms with Gasteiger partial charge in [-0.25, -0.2) is 9.59 Å². The highest BCUT2D eigenvalue weighted by Gasteiger charge is 2.37. The molecule has 2 aromatic rings. The topological polar surface area (TPSA) is 82.8 Å². The van der Waals surface area contributed by atoms with Crippen LogP contribution in [0.1, 0.15) is 62.9 Å². The minimum Gasteiger partial charge on any atom is -0.465 e. The zero-order valence-electron chi connectivity index (χ0n) is 15.2. The van der Waals surface area contributed by atoms with Gasteiger partial charge in [-0.15, -0.1) is 0 Å². The third-order valence-electron chi connectivity index (χ3n) is 4.45. The first-order valence-electron chi connectivity index (χ1n) is 8.28. The number of esters is 2. The number of ketones is 1. The van der Waals surface area contributed by atoms with Crippen molar-refractivity contribution < 1.29 is 28.3 Å². The highest BCUT2D eigenvalue weighted by molar-refractivity contribution is 6.03. The lowest BCUT2D eigenvalue weighted by atomic mass is 9.76. The van der Waals surface area contributed by atoms with Crippen LogP contribution in [0.25, 0.3) is 0 Å². The van der Waals surface area contributed by atoms with E-state index in [0.29, 0.717) is 35.3 Å². The second kappa shape index (κ2) is 6.44. The molecule has 0 radical (unpaired) electrons. The first-order valence-corrected chi connectivity index (χ1v) is 8.28. The molecule has 0 amide bonds. The summed E-state index contributed by atoms with van der Waals surface area (Å²) in [6, 6.07) is 5.99. The van der Waals surface area contributed by atoms with Gasteiger partial charge >= 0.3 is 11.9 Å². The largest absolute Gasteiger partial charge is 0.465 e. The van der Waals surface area contributed by atoms with Gasteiger partial charge in [0.05, 0.1) is 18.2 Å². The second-order valence-electron chi connectivity index (χ2n) is 7.20. The third-order valence-corrected chi connectivity index (χ3v) is 4.45. The Labute approximate surface area is 151 Å². The predicted molar refractivity (Wildman–Crippen MR) is 92.6 cm³/mol. The monoisotopic (exact) mass is 356 g/mol. The van der Waals surface area contributed by atoms with Gasteiger partial charge in [0, 0.05) is 18.4 Å². The van der Waals surface area contributed by atoms with E-state index in [1.165, 1.54) is 31.4 Å². The minimum atomic E-state index is -0.673. The van der Waals surface area contributed by atoms with Crippen LogP contribution in [-0.4, -0.2) is 24.8 Å². The molecule has 136 valence electrons. The summed E-state index contributed by atoms with van der Waals surface area (Å²) in [7, 11) is 1.29. The van der Waals surface area contributed by atoms with Crippen LogP contribution in [0.2, 0.25) is 0 Å². The van der Waals surface area contributed by atoms with Crippen LogP contribution in [0.5, 0.6) is 5.75 Å². The SMILES string of the molecule is COC(=O)c1ccc(OC(=O)c2oc3c(c2C)C(=O)CC(C)(C)C3)cc1. The summed E-state index contributed by atoms with van der Waals surface area (Å²) in [5.41, 5.74) is 1.16. The van der Waals surface area contributed by atoms with Crippen molar-refractivity contribution in [1.82, 2.24) is 0 Å². The van der Waals surface area contributed by atoms with E-state index < -0.39 is 11.9 Å². The summed E-state index contributed by atoms with van der Waals surface area (Å²) in [5.74, 6) is -0.316. The number of hydrogen-bond acceptors (Lipinski definition) is 6. The van der Waals surface area contributed by atoms with Gasteiger partial charge in [0.1, 0.15) is 11.5 Å². The maximum Gasteiger partial charge on any atom is 0.379 e. The fraction of sp³-hybridized carbons (Fsp3) is 0.350. The number of methoxy groups -OCH3 is 1. The van der Waals surface area contributed by atoms with Crippen molar-refractivity contribution in [1.29, 1.82) is 0 Å². The molecule has 0 spiro atoms. The molecule has 1 aliphatic carbocycles. The second-order valence-corrected chi connectivity index (χ2v) is 7.20. The number of carbonyl (C=O) groups is 3. The van der Waals surface area contributed by atoms with Gasteiger partial charge in [-0.05, 0) is 36.6 Å². The van der Waals surface area contributed by atoms with Gasteiger partial charge in [-0.3, -0.25) is 4.79 Å². The van der Waals surface area contributed by atoms with Gasteiger partial charge in [-0.1, -0.05) is 13.8 Å². The van der Waals surface area contributed by atoms with E-state index in [1.807, 2.05) is 13.8 Å². The van der Waals surface area contributed by atoms with Crippen molar-refractivity contribution in [3.63, 3.8) is 0 Å². The molecule has 6 heteroatoms. The van der Waals surface area contributed by atoms with Crippen molar-refractivity contribution in [2.45, 2.75) is 33.6 Å². The molecule has 0 N–H and O–H groups in total. The van der Waals surface area contributed by atoms with Gasteiger partial charge in [0.15, 0.2) is 5.78 Å². The first-order chi connectivity index (χ1) is 12.2. The van der Waals surface area contributed by atoms with E-state index in [9.17, 15) is 14.4 Å². The molecule has 1 heterocycles. The van der Waals surface area contributed by atoms with E-state index in [2.05, 4.69) is 4.74 Å². The molecule has 1 aromatic heterocycles. The first kappa shape index (κ1) is 17.9. The van der Waals surface area contributed by atoms with Crippen molar-refractivity contribution in [2.24, 2.45) is 5.41 Å². The van der Waals surface area contributed by atoms with Crippen molar-refractivity contribution in [2.75, 3.05) is 7.11 Å². The van der Waals surface area contributed by atoms with Crippen LogP contribution in [-0.2, 0) is 11.2 Å². The summed E-state index contributed by atoms with van der Waals surface area (Å²) in [4.78, 5) is 36.3. The summed E-state index contributed by atoms with van der Waals surface area (Å²) >= 11 is 0. The molecule has 0 aliphatic heterocycles. The van der Waals surface area contributed by atoms with Crippen LogP contribution in [0.4, 0.5) is 0 Å². The standard InChI is InChI=1S/C20H20O6/c1-11-16-14(21)9-20(2,3)10-15(16)26-17(11)19(23)25-13-7-5-12(6-8-13)18(22)24-4/h5-8H,9-10H2,1-4H3. The number of fused-ring (bicyclic) bond motifs is 1. The third kappa shape index (κ3) is 3.27. The minimum absolute atomic E-state index is 0.0148. The summed E-state index contributed by atoms with van der Waals surface area (Å²) in [6.45, 7) is 5.68. The Kier molecular flexibility index (Phi) is 4.44. The Morgan fingerprint density at radius 1 is 1.08 bits per heavy atom. The molecule has 0 unspecified atom stereocenters. The van der Waals surface area contributed by atoms with Gasteiger partial charge in [-0.2, -0.15) is 0 Å². The molecule has 1 aliphatic rings. The number of carbonyl (C=O) groups excluding carboxylic acids is 3. The molecule has 0 saturated heterocycles. The molecule has 0 bridgehead atoms. The van der Waals surface area contributed by atoms with Gasteiger partial charge in [0.2, 0.25) is 5.76 Å². The van der Waals surface area contributed by atoms with Crippen LogP contribution >= 0.6 is 0 Å². The van der Waals surface area contributed by atoms with Crippen LogP contribution in [0, 0.1) is 12.3 Å². The maximum atomic E-state index is 12.5. The number of benzene rings is 1. The number of rotatable bonds is 3. The summed E-state index contributed by atoms with van der Waals surface area (Å²) < 4.78 is 15.6. The predicted octanol–water partition coefficient (Wildman–Crippen LogP) is 3.75. The average molecular weight is 356 g/mol. The number of hydrogen-bond donors (Lipinski definition) is 0. The lowest BCUT2D eigenvalue weighted by molar-refractivity contribution is 0.0600. The molecule has 3 rings (SSSR count).